The summed E-state index contributed by atoms with van der Waals surface area (Å²) in [7, 11) is 0. The van der Waals surface area contributed by atoms with Crippen LogP contribution < -0.4 is 0 Å². The third-order valence-electron chi connectivity index (χ3n) is 7.05. The van der Waals surface area contributed by atoms with Crippen molar-refractivity contribution in [3.8, 4) is 0 Å². The number of nitrogens with zero attached hydrogens (tertiary/aromatic N) is 1. The van der Waals surface area contributed by atoms with E-state index in [9.17, 15) is 0 Å². The van der Waals surface area contributed by atoms with Gasteiger partial charge < -0.3 is 4.90 Å². The first-order chi connectivity index (χ1) is 16.9. The summed E-state index contributed by atoms with van der Waals surface area (Å²) in [5.41, 5.74) is 4.20. The van der Waals surface area contributed by atoms with Gasteiger partial charge in [0.05, 0.1) is 0 Å². The fourth-order valence-electron chi connectivity index (χ4n) is 4.60. The highest BCUT2D eigenvalue weighted by atomic mass is 15.2. The van der Waals surface area contributed by atoms with Gasteiger partial charge in [-0.15, -0.1) is 19.7 Å². The molecule has 1 aromatic carbocycles. The molecule has 35 heavy (non-hydrogen) atoms. The number of benzene rings is 1. The van der Waals surface area contributed by atoms with Gasteiger partial charge in [0.15, 0.2) is 0 Å². The van der Waals surface area contributed by atoms with Crippen molar-refractivity contribution in [2.45, 2.75) is 138 Å². The summed E-state index contributed by atoms with van der Waals surface area (Å²) in [6, 6.07) is 9.43. The van der Waals surface area contributed by atoms with Gasteiger partial charge >= 0.3 is 0 Å². The van der Waals surface area contributed by atoms with Crippen LogP contribution in [0.4, 0.5) is 0 Å². The Balaban J connectivity index is 0. The van der Waals surface area contributed by atoms with Crippen molar-refractivity contribution in [3.63, 3.8) is 0 Å². The van der Waals surface area contributed by atoms with Crippen molar-refractivity contribution in [1.82, 2.24) is 4.90 Å². The van der Waals surface area contributed by atoms with Crippen LogP contribution in [0.15, 0.2) is 49.6 Å². The minimum Gasteiger partial charge on any atom is -0.300 e. The van der Waals surface area contributed by atoms with E-state index in [-0.39, 0.29) is 0 Å². The van der Waals surface area contributed by atoms with Gasteiger partial charge in [0.1, 0.15) is 0 Å². The number of hydrogen-bond acceptors (Lipinski definition) is 1. The molecule has 0 bridgehead atoms. The standard InChI is InChI=1S/C15H27N.C9H12.2C4H10.C2H4/c1-13(2)7-5-11-16-12-6-9-14-8-3-4-10-15(14)16;1-3-9-7-5-4-6-8(9)2;2*1-3-4-2;1-2/h14-15H,1,3-12H2,2H3;4-7H,3H2,1-2H3;2*3-4H2,1-2H3;1-2H2. The number of allylic oxidation sites excluding steroid dienone is 1. The Morgan fingerprint density at radius 1 is 0.857 bits per heavy atom. The van der Waals surface area contributed by atoms with Gasteiger partial charge in [0.2, 0.25) is 0 Å². The first kappa shape index (κ1) is 35.8. The van der Waals surface area contributed by atoms with E-state index in [0.717, 1.165) is 18.4 Å². The maximum Gasteiger partial charge on any atom is 0.0123 e. The van der Waals surface area contributed by atoms with Crippen molar-refractivity contribution in [3.05, 3.63) is 60.7 Å². The third-order valence-corrected chi connectivity index (χ3v) is 7.05. The van der Waals surface area contributed by atoms with Gasteiger partial charge in [-0.05, 0) is 88.9 Å². The number of unbranched alkanes of at least 4 members (excludes halogenated alkanes) is 2. The lowest BCUT2D eigenvalue weighted by Gasteiger charge is -2.44. The molecule has 1 heterocycles. The number of rotatable bonds is 7. The van der Waals surface area contributed by atoms with E-state index in [1.54, 1.807) is 0 Å². The van der Waals surface area contributed by atoms with E-state index >= 15 is 0 Å². The number of likely N-dealkylation sites (tertiary alicyclic amines) is 1. The quantitative estimate of drug-likeness (QED) is 0.347. The van der Waals surface area contributed by atoms with E-state index < -0.39 is 0 Å². The molecule has 1 aromatic rings. The average Bonchev–Trinajstić information content (AvgIpc) is 2.91. The SMILES string of the molecule is C=C.C=C(C)CCCN1CCCC2CCCCC21.CCCC.CCCC.CCc1ccccc1C. The highest BCUT2D eigenvalue weighted by Crippen LogP contribution is 2.35. The maximum atomic E-state index is 4.00. The first-order valence-electron chi connectivity index (χ1n) is 14.9. The van der Waals surface area contributed by atoms with E-state index in [0.29, 0.717) is 0 Å². The highest BCUT2D eigenvalue weighted by molar-refractivity contribution is 5.25. The molecule has 0 amide bonds. The van der Waals surface area contributed by atoms with E-state index in [4.69, 9.17) is 0 Å². The lowest BCUT2D eigenvalue weighted by Crippen LogP contribution is -2.47. The summed E-state index contributed by atoms with van der Waals surface area (Å²) in [5, 5.41) is 0. The van der Waals surface area contributed by atoms with Gasteiger partial charge in [-0.3, -0.25) is 0 Å². The van der Waals surface area contributed by atoms with Crippen LogP contribution in [0.25, 0.3) is 0 Å². The van der Waals surface area contributed by atoms with Crippen LogP contribution in [0.5, 0.6) is 0 Å². The molecule has 0 spiro atoms. The Morgan fingerprint density at radius 2 is 1.40 bits per heavy atom. The summed E-state index contributed by atoms with van der Waals surface area (Å²) < 4.78 is 0. The maximum absolute atomic E-state index is 4.00. The first-order valence-corrected chi connectivity index (χ1v) is 14.9. The van der Waals surface area contributed by atoms with Crippen molar-refractivity contribution < 1.29 is 0 Å². The largest absolute Gasteiger partial charge is 0.300 e. The van der Waals surface area contributed by atoms with Crippen molar-refractivity contribution in [2.24, 2.45) is 5.92 Å². The molecular formula is C34H63N. The van der Waals surface area contributed by atoms with Crippen LogP contribution in [0, 0.1) is 12.8 Å². The number of aryl methyl sites for hydroxylation is 2. The van der Waals surface area contributed by atoms with Crippen LogP contribution in [-0.4, -0.2) is 24.0 Å². The second-order valence-corrected chi connectivity index (χ2v) is 10.1. The minimum atomic E-state index is 0.938. The van der Waals surface area contributed by atoms with Crippen LogP contribution >= 0.6 is 0 Å². The predicted octanol–water partition coefficient (Wildman–Crippen LogP) is 11.0. The lowest BCUT2D eigenvalue weighted by atomic mass is 9.78. The van der Waals surface area contributed by atoms with E-state index in [1.165, 1.54) is 107 Å². The molecule has 2 fully saturated rings. The van der Waals surface area contributed by atoms with Crippen molar-refractivity contribution >= 4 is 0 Å². The smallest absolute Gasteiger partial charge is 0.0123 e. The molecule has 0 aromatic heterocycles. The summed E-state index contributed by atoms with van der Waals surface area (Å²) in [6.45, 7) is 27.9. The Kier molecular flexibility index (Phi) is 26.3. The third kappa shape index (κ3) is 18.6. The molecule has 1 aliphatic carbocycles. The summed E-state index contributed by atoms with van der Waals surface area (Å²) >= 11 is 0. The molecule has 2 unspecified atom stereocenters. The van der Waals surface area contributed by atoms with Crippen LogP contribution in [0.2, 0.25) is 0 Å². The van der Waals surface area contributed by atoms with Crippen LogP contribution in [-0.2, 0) is 6.42 Å². The van der Waals surface area contributed by atoms with Gasteiger partial charge in [-0.25, -0.2) is 0 Å². The molecule has 0 N–H and O–H groups in total. The average molecular weight is 486 g/mol. The number of fused-ring (bicyclic) bond motifs is 1. The van der Waals surface area contributed by atoms with Crippen molar-refractivity contribution in [1.29, 1.82) is 0 Å². The van der Waals surface area contributed by atoms with Gasteiger partial charge in [-0.1, -0.05) is 103 Å². The second kappa shape index (κ2) is 25.7. The molecule has 1 heteroatoms. The molecule has 1 aliphatic heterocycles. The monoisotopic (exact) mass is 485 g/mol. The fraction of sp³-hybridized carbons (Fsp3) is 0.706. The van der Waals surface area contributed by atoms with Crippen LogP contribution in [0.1, 0.15) is 130 Å². The lowest BCUT2D eigenvalue weighted by molar-refractivity contribution is 0.0602. The van der Waals surface area contributed by atoms with E-state index in [2.05, 4.69) is 97.4 Å². The Morgan fingerprint density at radius 3 is 1.89 bits per heavy atom. The molecule has 1 saturated heterocycles. The zero-order valence-electron chi connectivity index (χ0n) is 25.1. The Bertz CT molecular complexity index is 580. The second-order valence-electron chi connectivity index (χ2n) is 10.1. The topological polar surface area (TPSA) is 3.24 Å². The zero-order valence-corrected chi connectivity index (χ0v) is 25.1. The van der Waals surface area contributed by atoms with Crippen LogP contribution in [0.3, 0.4) is 0 Å². The Labute approximate surface area is 222 Å². The molecule has 1 saturated carbocycles. The molecule has 2 aliphatic rings. The number of piperidine rings is 1. The van der Waals surface area contributed by atoms with Gasteiger partial charge in [0, 0.05) is 6.04 Å². The van der Waals surface area contributed by atoms with Crippen molar-refractivity contribution in [2.75, 3.05) is 13.1 Å². The van der Waals surface area contributed by atoms with Gasteiger partial charge in [-0.2, -0.15) is 0 Å². The highest BCUT2D eigenvalue weighted by Gasteiger charge is 2.32. The van der Waals surface area contributed by atoms with Gasteiger partial charge in [0.25, 0.3) is 0 Å². The molecule has 0 radical (unpaired) electrons. The molecule has 2 atom stereocenters. The summed E-state index contributed by atoms with van der Waals surface area (Å²) in [4.78, 5) is 2.79. The molecule has 3 rings (SSSR count). The molecular weight excluding hydrogens is 422 g/mol. The molecule has 1 nitrogen and oxygen atoms in total. The summed E-state index contributed by atoms with van der Waals surface area (Å²) in [6.07, 6.45) is 17.8. The minimum absolute atomic E-state index is 0.938. The molecule has 204 valence electrons. The fourth-order valence-corrected chi connectivity index (χ4v) is 4.60. The number of hydrogen-bond donors (Lipinski definition) is 0. The normalized spacial score (nSPS) is 18.5. The Hall–Kier alpha value is -1.34. The zero-order chi connectivity index (χ0) is 26.9. The van der Waals surface area contributed by atoms with E-state index in [1.807, 2.05) is 0 Å². The summed E-state index contributed by atoms with van der Waals surface area (Å²) in [5.74, 6) is 1.03. The predicted molar refractivity (Wildman–Crippen MR) is 164 cm³/mol.